The molecule has 1 aromatic carbocycles. The van der Waals surface area contributed by atoms with Gasteiger partial charge < -0.3 is 10.1 Å². The number of benzene rings is 1. The zero-order valence-electron chi connectivity index (χ0n) is 10.1. The van der Waals surface area contributed by atoms with Gasteiger partial charge in [-0.3, -0.25) is 0 Å². The third kappa shape index (κ3) is 3.76. The van der Waals surface area contributed by atoms with E-state index in [2.05, 4.69) is 18.3 Å². The first-order chi connectivity index (χ1) is 8.29. The molecule has 1 fully saturated rings. The van der Waals surface area contributed by atoms with Gasteiger partial charge >= 0.3 is 0 Å². The summed E-state index contributed by atoms with van der Waals surface area (Å²) >= 11 is 0. The van der Waals surface area contributed by atoms with Gasteiger partial charge in [-0.1, -0.05) is 19.1 Å². The fourth-order valence-electron chi connectivity index (χ4n) is 1.95. The maximum atomic E-state index is 8.44. The van der Waals surface area contributed by atoms with Gasteiger partial charge in [-0.05, 0) is 42.5 Å². The van der Waals surface area contributed by atoms with E-state index in [9.17, 15) is 0 Å². The molecule has 2 rings (SSSR count). The molecule has 1 aliphatic rings. The summed E-state index contributed by atoms with van der Waals surface area (Å²) in [6.07, 6.45) is 1.36. The maximum Gasteiger partial charge on any atom is 0.174 e. The van der Waals surface area contributed by atoms with Crippen molar-refractivity contribution in [2.45, 2.75) is 19.9 Å². The van der Waals surface area contributed by atoms with Crippen LogP contribution < -0.4 is 10.1 Å². The molecule has 1 N–H and O–H groups in total. The molecule has 0 amide bonds. The zero-order valence-corrected chi connectivity index (χ0v) is 10.1. The van der Waals surface area contributed by atoms with Gasteiger partial charge in [-0.15, -0.1) is 0 Å². The van der Waals surface area contributed by atoms with E-state index >= 15 is 0 Å². The Morgan fingerprint density at radius 2 is 2.35 bits per heavy atom. The van der Waals surface area contributed by atoms with E-state index in [-0.39, 0.29) is 6.61 Å². The Morgan fingerprint density at radius 1 is 1.53 bits per heavy atom. The van der Waals surface area contributed by atoms with E-state index in [4.69, 9.17) is 10.00 Å². The highest BCUT2D eigenvalue weighted by molar-refractivity contribution is 5.28. The number of nitrogens with zero attached hydrogens (tertiary/aromatic N) is 1. The van der Waals surface area contributed by atoms with E-state index in [0.29, 0.717) is 0 Å². The lowest BCUT2D eigenvalue weighted by Crippen LogP contribution is -2.16. The fraction of sp³-hybridized carbons (Fsp3) is 0.500. The molecule has 3 nitrogen and oxygen atoms in total. The molecular formula is C14H18N2O. The van der Waals surface area contributed by atoms with Gasteiger partial charge in [0.05, 0.1) is 0 Å². The Labute approximate surface area is 102 Å². The van der Waals surface area contributed by atoms with Crippen molar-refractivity contribution in [2.75, 3.05) is 13.2 Å². The first-order valence-corrected chi connectivity index (χ1v) is 6.09. The molecule has 17 heavy (non-hydrogen) atoms. The molecule has 0 saturated heterocycles. The summed E-state index contributed by atoms with van der Waals surface area (Å²) in [5.74, 6) is 2.53. The number of hydrogen-bond acceptors (Lipinski definition) is 3. The van der Waals surface area contributed by atoms with Gasteiger partial charge in [0.2, 0.25) is 0 Å². The maximum absolute atomic E-state index is 8.44. The van der Waals surface area contributed by atoms with Crippen LogP contribution in [0.2, 0.25) is 0 Å². The third-order valence-electron chi connectivity index (χ3n) is 3.21. The van der Waals surface area contributed by atoms with Gasteiger partial charge in [0, 0.05) is 6.54 Å². The SMILES string of the molecule is CC1CC1CNCc1cccc(OCC#N)c1. The summed E-state index contributed by atoms with van der Waals surface area (Å²) in [4.78, 5) is 0. The Balaban J connectivity index is 1.77. The standard InChI is InChI=1S/C14H18N2O/c1-11-7-13(11)10-16-9-12-3-2-4-14(8-12)17-6-5-15/h2-4,8,11,13,16H,6-7,9-10H2,1H3. The van der Waals surface area contributed by atoms with Crippen LogP contribution in [0.15, 0.2) is 24.3 Å². The molecule has 1 aliphatic carbocycles. The average Bonchev–Trinajstić information content (AvgIpc) is 3.03. The number of nitriles is 1. The van der Waals surface area contributed by atoms with E-state index < -0.39 is 0 Å². The number of hydrogen-bond donors (Lipinski definition) is 1. The summed E-state index contributed by atoms with van der Waals surface area (Å²) in [6, 6.07) is 9.87. The van der Waals surface area contributed by atoms with Crippen LogP contribution in [0.4, 0.5) is 0 Å². The van der Waals surface area contributed by atoms with Crippen LogP contribution in [0.25, 0.3) is 0 Å². The summed E-state index contributed by atoms with van der Waals surface area (Å²) in [6.45, 7) is 4.37. The minimum Gasteiger partial charge on any atom is -0.479 e. The van der Waals surface area contributed by atoms with Crippen LogP contribution in [0.1, 0.15) is 18.9 Å². The van der Waals surface area contributed by atoms with Crippen LogP contribution in [-0.2, 0) is 6.54 Å². The van der Waals surface area contributed by atoms with Gasteiger partial charge in [0.15, 0.2) is 6.61 Å². The quantitative estimate of drug-likeness (QED) is 0.815. The van der Waals surface area contributed by atoms with Crippen molar-refractivity contribution in [1.82, 2.24) is 5.32 Å². The highest BCUT2D eigenvalue weighted by atomic mass is 16.5. The van der Waals surface area contributed by atoms with Gasteiger partial charge in [-0.2, -0.15) is 5.26 Å². The van der Waals surface area contributed by atoms with Crippen molar-refractivity contribution in [1.29, 1.82) is 5.26 Å². The molecule has 0 spiro atoms. The number of nitrogens with one attached hydrogen (secondary N) is 1. The van der Waals surface area contributed by atoms with Crippen molar-refractivity contribution in [3.8, 4) is 11.8 Å². The molecule has 90 valence electrons. The highest BCUT2D eigenvalue weighted by Crippen LogP contribution is 2.36. The minimum absolute atomic E-state index is 0.108. The van der Waals surface area contributed by atoms with Gasteiger partial charge in [-0.25, -0.2) is 0 Å². The van der Waals surface area contributed by atoms with Crippen LogP contribution >= 0.6 is 0 Å². The average molecular weight is 230 g/mol. The van der Waals surface area contributed by atoms with Crippen molar-refractivity contribution in [3.05, 3.63) is 29.8 Å². The van der Waals surface area contributed by atoms with E-state index in [1.165, 1.54) is 12.0 Å². The van der Waals surface area contributed by atoms with E-state index in [0.717, 1.165) is 30.7 Å². The van der Waals surface area contributed by atoms with Crippen molar-refractivity contribution in [2.24, 2.45) is 11.8 Å². The molecule has 2 atom stereocenters. The normalized spacial score (nSPS) is 21.9. The Bertz CT molecular complexity index is 411. The molecule has 1 saturated carbocycles. The molecule has 3 heteroatoms. The smallest absolute Gasteiger partial charge is 0.174 e. The topological polar surface area (TPSA) is 45.0 Å². The van der Waals surface area contributed by atoms with Crippen LogP contribution in [-0.4, -0.2) is 13.2 Å². The van der Waals surface area contributed by atoms with Crippen LogP contribution in [0, 0.1) is 23.2 Å². The Hall–Kier alpha value is -1.53. The molecule has 0 radical (unpaired) electrons. The Morgan fingerprint density at radius 3 is 3.06 bits per heavy atom. The van der Waals surface area contributed by atoms with Gasteiger partial charge in [0.1, 0.15) is 11.8 Å². The molecule has 2 unspecified atom stereocenters. The molecule has 0 bridgehead atoms. The molecule has 0 aliphatic heterocycles. The molecule has 1 aromatic rings. The summed E-state index contributed by atoms with van der Waals surface area (Å²) in [7, 11) is 0. The first-order valence-electron chi connectivity index (χ1n) is 6.09. The van der Waals surface area contributed by atoms with E-state index in [1.54, 1.807) is 0 Å². The van der Waals surface area contributed by atoms with Gasteiger partial charge in [0.25, 0.3) is 0 Å². The summed E-state index contributed by atoms with van der Waals surface area (Å²) in [5.41, 5.74) is 1.20. The summed E-state index contributed by atoms with van der Waals surface area (Å²) in [5, 5.41) is 11.9. The van der Waals surface area contributed by atoms with Crippen LogP contribution in [0.5, 0.6) is 5.75 Å². The molecular weight excluding hydrogens is 212 g/mol. The minimum atomic E-state index is 0.108. The van der Waals surface area contributed by atoms with Crippen molar-refractivity contribution in [3.63, 3.8) is 0 Å². The fourth-order valence-corrected chi connectivity index (χ4v) is 1.95. The molecule has 0 aromatic heterocycles. The van der Waals surface area contributed by atoms with Crippen molar-refractivity contribution >= 4 is 0 Å². The van der Waals surface area contributed by atoms with Crippen molar-refractivity contribution < 1.29 is 4.74 Å². The third-order valence-corrected chi connectivity index (χ3v) is 3.21. The highest BCUT2D eigenvalue weighted by Gasteiger charge is 2.31. The Kier molecular flexibility index (Phi) is 4.00. The predicted octanol–water partition coefficient (Wildman–Crippen LogP) is 2.33. The first kappa shape index (κ1) is 11.9. The summed E-state index contributed by atoms with van der Waals surface area (Å²) < 4.78 is 5.26. The lowest BCUT2D eigenvalue weighted by molar-refractivity contribution is 0.367. The molecule has 0 heterocycles. The second kappa shape index (κ2) is 5.70. The lowest BCUT2D eigenvalue weighted by atomic mass is 10.2. The zero-order chi connectivity index (χ0) is 12.1. The number of ether oxygens (including phenoxy) is 1. The second-order valence-corrected chi connectivity index (χ2v) is 4.70. The second-order valence-electron chi connectivity index (χ2n) is 4.70. The van der Waals surface area contributed by atoms with E-state index in [1.807, 2.05) is 24.3 Å². The number of rotatable bonds is 6. The lowest BCUT2D eigenvalue weighted by Gasteiger charge is -2.06. The monoisotopic (exact) mass is 230 g/mol. The van der Waals surface area contributed by atoms with Crippen LogP contribution in [0.3, 0.4) is 0 Å². The predicted molar refractivity (Wildman–Crippen MR) is 66.5 cm³/mol. The largest absolute Gasteiger partial charge is 0.479 e.